The monoisotopic (exact) mass is 419 g/mol. The molecule has 25 heavy (non-hydrogen) atoms. The standard InChI is InChI=1S/C18H24BrF2NO3/c1-18(2,3)25-17(23)22-9-7-12(8-10-22)11-24-14-6-4-5-13(15(14)19)16(20)21/h4-6,12,16H,7-11H2,1-3H3. The number of alkyl halides is 2. The molecule has 1 aliphatic heterocycles. The Balaban J connectivity index is 1.83. The van der Waals surface area contributed by atoms with Crippen molar-refractivity contribution in [3.8, 4) is 5.75 Å². The van der Waals surface area contributed by atoms with Crippen LogP contribution in [0.4, 0.5) is 13.6 Å². The van der Waals surface area contributed by atoms with Crippen molar-refractivity contribution in [2.45, 2.75) is 45.6 Å². The van der Waals surface area contributed by atoms with Gasteiger partial charge in [0.1, 0.15) is 11.4 Å². The summed E-state index contributed by atoms with van der Waals surface area (Å²) in [6, 6.07) is 4.61. The minimum Gasteiger partial charge on any atom is -0.492 e. The van der Waals surface area contributed by atoms with Crippen LogP contribution in [0.25, 0.3) is 0 Å². The number of carbonyl (C=O) groups is 1. The number of hydrogen-bond donors (Lipinski definition) is 0. The molecule has 0 saturated carbocycles. The summed E-state index contributed by atoms with van der Waals surface area (Å²) < 4.78 is 37.2. The summed E-state index contributed by atoms with van der Waals surface area (Å²) in [5, 5.41) is 0. The zero-order valence-corrected chi connectivity index (χ0v) is 16.3. The summed E-state index contributed by atoms with van der Waals surface area (Å²) in [5.74, 6) is 0.702. The van der Waals surface area contributed by atoms with Gasteiger partial charge in [0.15, 0.2) is 0 Å². The van der Waals surface area contributed by atoms with Crippen LogP contribution >= 0.6 is 15.9 Å². The van der Waals surface area contributed by atoms with Crippen molar-refractivity contribution in [1.29, 1.82) is 0 Å². The first-order valence-corrected chi connectivity index (χ1v) is 9.14. The lowest BCUT2D eigenvalue weighted by atomic mass is 9.98. The number of carbonyl (C=O) groups excluding carboxylic acids is 1. The molecule has 1 heterocycles. The van der Waals surface area contributed by atoms with Crippen LogP contribution in [0.1, 0.15) is 45.6 Å². The quantitative estimate of drug-likeness (QED) is 0.654. The van der Waals surface area contributed by atoms with Gasteiger partial charge in [-0.2, -0.15) is 0 Å². The van der Waals surface area contributed by atoms with Crippen LogP contribution in [0.3, 0.4) is 0 Å². The van der Waals surface area contributed by atoms with E-state index in [0.29, 0.717) is 29.9 Å². The van der Waals surface area contributed by atoms with E-state index < -0.39 is 12.0 Å². The Hall–Kier alpha value is -1.37. The van der Waals surface area contributed by atoms with E-state index in [1.807, 2.05) is 20.8 Å². The number of halogens is 3. The number of ether oxygens (including phenoxy) is 2. The molecule has 0 unspecified atom stereocenters. The van der Waals surface area contributed by atoms with Crippen LogP contribution in [0.15, 0.2) is 22.7 Å². The molecule has 0 radical (unpaired) electrons. The number of likely N-dealkylation sites (tertiary alicyclic amines) is 1. The Morgan fingerprint density at radius 1 is 1.32 bits per heavy atom. The van der Waals surface area contributed by atoms with E-state index in [1.165, 1.54) is 6.07 Å². The predicted molar refractivity (Wildman–Crippen MR) is 95.1 cm³/mol. The van der Waals surface area contributed by atoms with Crippen molar-refractivity contribution in [3.63, 3.8) is 0 Å². The third-order valence-corrected chi connectivity index (χ3v) is 4.82. The summed E-state index contributed by atoms with van der Waals surface area (Å²) >= 11 is 3.19. The molecule has 7 heteroatoms. The van der Waals surface area contributed by atoms with E-state index in [2.05, 4.69) is 15.9 Å². The molecular formula is C18H24BrF2NO3. The van der Waals surface area contributed by atoms with Gasteiger partial charge in [0, 0.05) is 18.7 Å². The van der Waals surface area contributed by atoms with Gasteiger partial charge >= 0.3 is 6.09 Å². The predicted octanol–water partition coefficient (Wildman–Crippen LogP) is 5.41. The molecule has 0 aromatic heterocycles. The summed E-state index contributed by atoms with van der Waals surface area (Å²) in [4.78, 5) is 13.7. The van der Waals surface area contributed by atoms with Gasteiger partial charge in [0.25, 0.3) is 6.43 Å². The van der Waals surface area contributed by atoms with Gasteiger partial charge in [0.05, 0.1) is 11.1 Å². The van der Waals surface area contributed by atoms with Crippen molar-refractivity contribution in [1.82, 2.24) is 4.90 Å². The van der Waals surface area contributed by atoms with Crippen LogP contribution in [-0.2, 0) is 4.74 Å². The molecule has 2 rings (SSSR count). The van der Waals surface area contributed by atoms with Gasteiger partial charge in [-0.25, -0.2) is 13.6 Å². The fraction of sp³-hybridized carbons (Fsp3) is 0.611. The number of nitrogens with zero attached hydrogens (tertiary/aromatic N) is 1. The molecule has 1 aliphatic rings. The second-order valence-electron chi connectivity index (χ2n) is 7.18. The number of amides is 1. The van der Waals surface area contributed by atoms with Crippen LogP contribution in [0, 0.1) is 5.92 Å². The van der Waals surface area contributed by atoms with Crippen molar-refractivity contribution >= 4 is 22.0 Å². The molecule has 1 amide bonds. The molecule has 140 valence electrons. The van der Waals surface area contributed by atoms with Crippen LogP contribution in [0.5, 0.6) is 5.75 Å². The molecule has 0 spiro atoms. The fourth-order valence-corrected chi connectivity index (χ4v) is 3.18. The summed E-state index contributed by atoms with van der Waals surface area (Å²) in [7, 11) is 0. The SMILES string of the molecule is CC(C)(C)OC(=O)N1CCC(COc2cccc(C(F)F)c2Br)CC1. The van der Waals surface area contributed by atoms with Crippen molar-refractivity contribution in [2.24, 2.45) is 5.92 Å². The Labute approximate surface area is 155 Å². The van der Waals surface area contributed by atoms with Gasteiger partial charge in [0.2, 0.25) is 0 Å². The third-order valence-electron chi connectivity index (χ3n) is 3.97. The molecule has 0 bridgehead atoms. The zero-order valence-electron chi connectivity index (χ0n) is 14.7. The first kappa shape index (κ1) is 19.9. The number of hydrogen-bond acceptors (Lipinski definition) is 3. The molecule has 0 N–H and O–H groups in total. The molecule has 1 aromatic rings. The minimum absolute atomic E-state index is 0.0720. The van der Waals surface area contributed by atoms with E-state index in [0.717, 1.165) is 12.8 Å². The maximum absolute atomic E-state index is 12.9. The molecule has 0 aliphatic carbocycles. The second kappa shape index (κ2) is 8.34. The molecule has 1 fully saturated rings. The summed E-state index contributed by atoms with van der Waals surface area (Å²) in [6.07, 6.45) is -1.24. The zero-order chi connectivity index (χ0) is 18.6. The van der Waals surface area contributed by atoms with Crippen LogP contribution in [0.2, 0.25) is 0 Å². The van der Waals surface area contributed by atoms with Gasteiger partial charge < -0.3 is 14.4 Å². The maximum atomic E-state index is 12.9. The highest BCUT2D eigenvalue weighted by molar-refractivity contribution is 9.10. The fourth-order valence-electron chi connectivity index (χ4n) is 2.62. The second-order valence-corrected chi connectivity index (χ2v) is 7.97. The van der Waals surface area contributed by atoms with Gasteiger partial charge in [-0.1, -0.05) is 12.1 Å². The van der Waals surface area contributed by atoms with E-state index in [-0.39, 0.29) is 17.6 Å². The van der Waals surface area contributed by atoms with Crippen molar-refractivity contribution < 1.29 is 23.0 Å². The average molecular weight is 420 g/mol. The number of piperidine rings is 1. The van der Waals surface area contributed by atoms with E-state index in [1.54, 1.807) is 17.0 Å². The molecule has 1 aromatic carbocycles. The first-order chi connectivity index (χ1) is 11.7. The molecule has 4 nitrogen and oxygen atoms in total. The van der Waals surface area contributed by atoms with E-state index in [4.69, 9.17) is 9.47 Å². The number of benzene rings is 1. The van der Waals surface area contributed by atoms with Gasteiger partial charge in [-0.05, 0) is 61.5 Å². The number of rotatable bonds is 4. The van der Waals surface area contributed by atoms with Gasteiger partial charge in [-0.3, -0.25) is 0 Å². The van der Waals surface area contributed by atoms with E-state index >= 15 is 0 Å². The Morgan fingerprint density at radius 3 is 2.52 bits per heavy atom. The smallest absolute Gasteiger partial charge is 0.410 e. The minimum atomic E-state index is -2.55. The van der Waals surface area contributed by atoms with Crippen molar-refractivity contribution in [2.75, 3.05) is 19.7 Å². The maximum Gasteiger partial charge on any atom is 0.410 e. The average Bonchev–Trinajstić information content (AvgIpc) is 2.52. The molecule has 0 atom stereocenters. The Kier molecular flexibility index (Phi) is 6.65. The summed E-state index contributed by atoms with van der Waals surface area (Å²) in [5.41, 5.74) is -0.573. The van der Waals surface area contributed by atoms with Gasteiger partial charge in [-0.15, -0.1) is 0 Å². The Morgan fingerprint density at radius 2 is 1.96 bits per heavy atom. The summed E-state index contributed by atoms with van der Waals surface area (Å²) in [6.45, 7) is 7.19. The van der Waals surface area contributed by atoms with Crippen LogP contribution in [-0.4, -0.2) is 36.3 Å². The lowest BCUT2D eigenvalue weighted by Crippen LogP contribution is -2.42. The van der Waals surface area contributed by atoms with Crippen molar-refractivity contribution in [3.05, 3.63) is 28.2 Å². The third kappa shape index (κ3) is 5.83. The Bertz CT molecular complexity index is 596. The molecular weight excluding hydrogens is 396 g/mol. The highest BCUT2D eigenvalue weighted by Gasteiger charge is 2.27. The normalized spacial score (nSPS) is 16.2. The largest absolute Gasteiger partial charge is 0.492 e. The van der Waals surface area contributed by atoms with Crippen LogP contribution < -0.4 is 4.74 Å². The lowest BCUT2D eigenvalue weighted by Gasteiger charge is -2.33. The highest BCUT2D eigenvalue weighted by atomic mass is 79.9. The topological polar surface area (TPSA) is 38.8 Å². The molecule has 1 saturated heterocycles. The first-order valence-electron chi connectivity index (χ1n) is 8.34. The highest BCUT2D eigenvalue weighted by Crippen LogP contribution is 2.35. The van der Waals surface area contributed by atoms with E-state index in [9.17, 15) is 13.6 Å². The lowest BCUT2D eigenvalue weighted by molar-refractivity contribution is 0.0165.